The number of para-hydroxylation sites is 2. The highest BCUT2D eigenvalue weighted by atomic mass is 15.1. The van der Waals surface area contributed by atoms with E-state index in [1.807, 2.05) is 27.7 Å². The molecular formula is C20H29N. The van der Waals surface area contributed by atoms with E-state index in [1.54, 1.807) is 0 Å². The number of hydrogen-bond donors (Lipinski definition) is 0. The highest BCUT2D eigenvalue weighted by Gasteiger charge is 2.20. The SMILES string of the molecule is CC.CC.CCCN1c2ccccc2Cc2ccccc21. The molecule has 0 saturated heterocycles. The molecule has 0 atom stereocenters. The minimum absolute atomic E-state index is 1.06. The molecule has 3 rings (SSSR count). The summed E-state index contributed by atoms with van der Waals surface area (Å²) in [6.45, 7) is 11.3. The van der Waals surface area contributed by atoms with Crippen molar-refractivity contribution in [3.05, 3.63) is 59.7 Å². The highest BCUT2D eigenvalue weighted by Crippen LogP contribution is 2.38. The lowest BCUT2D eigenvalue weighted by Crippen LogP contribution is -2.23. The Morgan fingerprint density at radius 3 is 1.62 bits per heavy atom. The lowest BCUT2D eigenvalue weighted by molar-refractivity contribution is 0.862. The number of hydrogen-bond acceptors (Lipinski definition) is 1. The summed E-state index contributed by atoms with van der Waals surface area (Å²) in [5.74, 6) is 0. The molecular weight excluding hydrogens is 254 g/mol. The van der Waals surface area contributed by atoms with Crippen LogP contribution in [0.15, 0.2) is 48.5 Å². The van der Waals surface area contributed by atoms with Crippen molar-refractivity contribution in [3.63, 3.8) is 0 Å². The van der Waals surface area contributed by atoms with Crippen molar-refractivity contribution in [2.75, 3.05) is 11.4 Å². The van der Waals surface area contributed by atoms with E-state index in [4.69, 9.17) is 0 Å². The van der Waals surface area contributed by atoms with E-state index >= 15 is 0 Å². The van der Waals surface area contributed by atoms with Crippen molar-refractivity contribution in [3.8, 4) is 0 Å². The van der Waals surface area contributed by atoms with Crippen molar-refractivity contribution in [1.82, 2.24) is 0 Å². The van der Waals surface area contributed by atoms with Crippen LogP contribution in [-0.2, 0) is 6.42 Å². The monoisotopic (exact) mass is 283 g/mol. The largest absolute Gasteiger partial charge is 0.341 e. The van der Waals surface area contributed by atoms with E-state index < -0.39 is 0 Å². The second-order valence-electron chi connectivity index (χ2n) is 4.59. The standard InChI is InChI=1S/C16H17N.2C2H6/c1-2-11-17-15-9-5-3-7-13(15)12-14-8-4-6-10-16(14)17;2*1-2/h3-10H,2,11-12H2,1H3;2*1-2H3. The van der Waals surface area contributed by atoms with Gasteiger partial charge in [-0.15, -0.1) is 0 Å². The Morgan fingerprint density at radius 1 is 0.762 bits per heavy atom. The van der Waals surface area contributed by atoms with Gasteiger partial charge in [0.05, 0.1) is 0 Å². The molecule has 1 heteroatoms. The fourth-order valence-corrected chi connectivity index (χ4v) is 2.65. The minimum Gasteiger partial charge on any atom is -0.341 e. The molecule has 0 aromatic heterocycles. The second kappa shape index (κ2) is 9.23. The summed E-state index contributed by atoms with van der Waals surface area (Å²) in [5, 5.41) is 0. The Kier molecular flexibility index (Phi) is 7.60. The predicted molar refractivity (Wildman–Crippen MR) is 95.7 cm³/mol. The first kappa shape index (κ1) is 17.3. The smallest absolute Gasteiger partial charge is 0.0446 e. The topological polar surface area (TPSA) is 3.24 Å². The molecule has 0 unspecified atom stereocenters. The summed E-state index contributed by atoms with van der Waals surface area (Å²) in [6.07, 6.45) is 2.23. The normalized spacial score (nSPS) is 11.2. The van der Waals surface area contributed by atoms with E-state index in [9.17, 15) is 0 Å². The lowest BCUT2D eigenvalue weighted by atomic mass is 9.95. The summed E-state index contributed by atoms with van der Waals surface area (Å²) < 4.78 is 0. The van der Waals surface area contributed by atoms with Gasteiger partial charge in [0.2, 0.25) is 0 Å². The molecule has 0 amide bonds. The van der Waals surface area contributed by atoms with E-state index in [0.717, 1.165) is 13.0 Å². The Hall–Kier alpha value is -1.76. The van der Waals surface area contributed by atoms with Crippen LogP contribution in [0.4, 0.5) is 11.4 Å². The maximum atomic E-state index is 2.45. The number of nitrogens with zero attached hydrogens (tertiary/aromatic N) is 1. The van der Waals surface area contributed by atoms with Crippen LogP contribution in [0, 0.1) is 0 Å². The first-order valence-corrected chi connectivity index (χ1v) is 8.33. The zero-order chi connectivity index (χ0) is 15.7. The second-order valence-corrected chi connectivity index (χ2v) is 4.59. The van der Waals surface area contributed by atoms with E-state index in [-0.39, 0.29) is 0 Å². The van der Waals surface area contributed by atoms with Crippen LogP contribution >= 0.6 is 0 Å². The molecule has 1 heterocycles. The maximum absolute atomic E-state index is 2.45. The van der Waals surface area contributed by atoms with Gasteiger partial charge in [-0.25, -0.2) is 0 Å². The van der Waals surface area contributed by atoms with Crippen LogP contribution in [-0.4, -0.2) is 6.54 Å². The van der Waals surface area contributed by atoms with Gasteiger partial charge in [-0.1, -0.05) is 71.0 Å². The molecule has 0 radical (unpaired) electrons. The summed E-state index contributed by atoms with van der Waals surface area (Å²) >= 11 is 0. The first-order chi connectivity index (χ1) is 10.4. The summed E-state index contributed by atoms with van der Waals surface area (Å²) in [6, 6.07) is 17.5. The highest BCUT2D eigenvalue weighted by molar-refractivity contribution is 5.74. The zero-order valence-electron chi connectivity index (χ0n) is 14.2. The third-order valence-corrected chi connectivity index (χ3v) is 3.39. The Balaban J connectivity index is 0.000000510. The summed E-state index contributed by atoms with van der Waals surface area (Å²) in [4.78, 5) is 2.45. The third kappa shape index (κ3) is 3.87. The number of anilines is 2. The molecule has 1 nitrogen and oxygen atoms in total. The van der Waals surface area contributed by atoms with Crippen molar-refractivity contribution in [2.24, 2.45) is 0 Å². The van der Waals surface area contributed by atoms with Gasteiger partial charge in [0.25, 0.3) is 0 Å². The molecule has 1 aliphatic rings. The summed E-state index contributed by atoms with van der Waals surface area (Å²) in [7, 11) is 0. The molecule has 0 N–H and O–H groups in total. The van der Waals surface area contributed by atoms with Crippen LogP contribution in [0.2, 0.25) is 0 Å². The number of benzene rings is 2. The van der Waals surface area contributed by atoms with Gasteiger partial charge < -0.3 is 4.90 Å². The van der Waals surface area contributed by atoms with Crippen LogP contribution < -0.4 is 4.90 Å². The van der Waals surface area contributed by atoms with E-state index in [0.29, 0.717) is 0 Å². The molecule has 21 heavy (non-hydrogen) atoms. The number of rotatable bonds is 2. The maximum Gasteiger partial charge on any atom is 0.0446 e. The number of fused-ring (bicyclic) bond motifs is 2. The minimum atomic E-state index is 1.06. The molecule has 2 aromatic carbocycles. The van der Waals surface area contributed by atoms with E-state index in [1.165, 1.54) is 28.9 Å². The van der Waals surface area contributed by atoms with Gasteiger partial charge >= 0.3 is 0 Å². The molecule has 1 aliphatic heterocycles. The Bertz CT molecular complexity index is 485. The molecule has 0 spiro atoms. The molecule has 2 aromatic rings. The molecule has 114 valence electrons. The van der Waals surface area contributed by atoms with Gasteiger partial charge in [0, 0.05) is 24.3 Å². The fraction of sp³-hybridized carbons (Fsp3) is 0.400. The van der Waals surface area contributed by atoms with Gasteiger partial charge in [0.15, 0.2) is 0 Å². The van der Waals surface area contributed by atoms with Gasteiger partial charge in [-0.2, -0.15) is 0 Å². The zero-order valence-corrected chi connectivity index (χ0v) is 14.2. The predicted octanol–water partition coefficient (Wildman–Crippen LogP) is 6.19. The van der Waals surface area contributed by atoms with Crippen LogP contribution in [0.5, 0.6) is 0 Å². The van der Waals surface area contributed by atoms with Crippen molar-refractivity contribution >= 4 is 11.4 Å². The average Bonchev–Trinajstić information content (AvgIpc) is 2.58. The first-order valence-electron chi connectivity index (χ1n) is 8.33. The fourth-order valence-electron chi connectivity index (χ4n) is 2.65. The summed E-state index contributed by atoms with van der Waals surface area (Å²) in [5.41, 5.74) is 5.65. The van der Waals surface area contributed by atoms with Crippen molar-refractivity contribution in [2.45, 2.75) is 47.5 Å². The van der Waals surface area contributed by atoms with Gasteiger partial charge in [-0.3, -0.25) is 0 Å². The molecule has 0 aliphatic carbocycles. The van der Waals surface area contributed by atoms with Crippen LogP contribution in [0.25, 0.3) is 0 Å². The van der Waals surface area contributed by atoms with E-state index in [2.05, 4.69) is 60.4 Å². The van der Waals surface area contributed by atoms with Gasteiger partial charge in [-0.05, 0) is 29.7 Å². The molecule has 0 bridgehead atoms. The Morgan fingerprint density at radius 2 is 1.19 bits per heavy atom. The van der Waals surface area contributed by atoms with Gasteiger partial charge in [0.1, 0.15) is 0 Å². The lowest BCUT2D eigenvalue weighted by Gasteiger charge is -2.33. The molecule has 0 fully saturated rings. The van der Waals surface area contributed by atoms with Crippen LogP contribution in [0.3, 0.4) is 0 Å². The molecule has 0 saturated carbocycles. The van der Waals surface area contributed by atoms with Crippen LogP contribution in [0.1, 0.15) is 52.2 Å². The van der Waals surface area contributed by atoms with Crippen molar-refractivity contribution in [1.29, 1.82) is 0 Å². The van der Waals surface area contributed by atoms with Crippen molar-refractivity contribution < 1.29 is 0 Å². The third-order valence-electron chi connectivity index (χ3n) is 3.39. The average molecular weight is 283 g/mol. The Labute approximate surface area is 130 Å². The quantitative estimate of drug-likeness (QED) is 0.635.